The minimum absolute atomic E-state index is 0.0722. The Labute approximate surface area is 97.5 Å². The second-order valence-electron chi connectivity index (χ2n) is 4.77. The lowest BCUT2D eigenvalue weighted by Crippen LogP contribution is -2.41. The van der Waals surface area contributed by atoms with Crippen LogP contribution in [0.15, 0.2) is 12.7 Å². The van der Waals surface area contributed by atoms with E-state index < -0.39 is 0 Å². The Bertz CT molecular complexity index is 251. The van der Waals surface area contributed by atoms with Crippen LogP contribution in [0, 0.1) is 5.92 Å². The second-order valence-corrected chi connectivity index (χ2v) is 4.77. The topological polar surface area (TPSA) is 29.5 Å². The van der Waals surface area contributed by atoms with Gasteiger partial charge >= 0.3 is 0 Å². The Morgan fingerprint density at radius 2 is 2.00 bits per heavy atom. The molecule has 90 valence electrons. The molecule has 2 saturated heterocycles. The van der Waals surface area contributed by atoms with Crippen LogP contribution >= 0.6 is 0 Å². The summed E-state index contributed by atoms with van der Waals surface area (Å²) in [5, 5.41) is 0. The Hall–Kier alpha value is -0.830. The van der Waals surface area contributed by atoms with Gasteiger partial charge in [0.05, 0.1) is 6.10 Å². The summed E-state index contributed by atoms with van der Waals surface area (Å²) in [6.45, 7) is 6.20. The van der Waals surface area contributed by atoms with Crippen molar-refractivity contribution < 1.29 is 9.53 Å². The molecule has 2 aliphatic rings. The van der Waals surface area contributed by atoms with Gasteiger partial charge in [-0.25, -0.2) is 0 Å². The Morgan fingerprint density at radius 1 is 1.25 bits per heavy atom. The van der Waals surface area contributed by atoms with E-state index in [1.54, 1.807) is 0 Å². The molecule has 2 aliphatic heterocycles. The number of carbonyl (C=O) groups excluding carboxylic acids is 1. The minimum Gasteiger partial charge on any atom is -0.378 e. The van der Waals surface area contributed by atoms with E-state index in [1.165, 1.54) is 25.3 Å². The monoisotopic (exact) mass is 223 g/mol. The maximum Gasteiger partial charge on any atom is 0.245 e. The molecule has 2 rings (SSSR count). The average Bonchev–Trinajstić information content (AvgIpc) is 2.39. The van der Waals surface area contributed by atoms with E-state index in [9.17, 15) is 4.79 Å². The summed E-state index contributed by atoms with van der Waals surface area (Å²) in [7, 11) is 0. The van der Waals surface area contributed by atoms with E-state index in [1.807, 2.05) is 4.90 Å². The molecule has 0 aromatic heterocycles. The first-order chi connectivity index (χ1) is 7.81. The smallest absolute Gasteiger partial charge is 0.245 e. The van der Waals surface area contributed by atoms with E-state index in [0.29, 0.717) is 12.0 Å². The fourth-order valence-corrected chi connectivity index (χ4v) is 2.76. The van der Waals surface area contributed by atoms with Crippen LogP contribution in [0.1, 0.15) is 32.1 Å². The molecule has 1 amide bonds. The first-order valence-corrected chi connectivity index (χ1v) is 6.34. The van der Waals surface area contributed by atoms with Crippen LogP contribution in [-0.4, -0.2) is 36.6 Å². The zero-order chi connectivity index (χ0) is 11.4. The molecule has 0 aliphatic carbocycles. The number of hydrogen-bond donors (Lipinski definition) is 0. The van der Waals surface area contributed by atoms with Crippen molar-refractivity contribution in [1.29, 1.82) is 0 Å². The van der Waals surface area contributed by atoms with Crippen LogP contribution in [0.2, 0.25) is 0 Å². The third kappa shape index (κ3) is 2.64. The number of ether oxygens (including phenoxy) is 1. The van der Waals surface area contributed by atoms with E-state index in [2.05, 4.69) is 6.58 Å². The third-order valence-corrected chi connectivity index (χ3v) is 3.77. The summed E-state index contributed by atoms with van der Waals surface area (Å²) < 4.78 is 5.82. The summed E-state index contributed by atoms with van der Waals surface area (Å²) in [5.74, 6) is 0.733. The number of nitrogens with zero attached hydrogens (tertiary/aromatic N) is 1. The number of piperidine rings is 1. The standard InChI is InChI=1S/C13H21NO2/c1-2-13(15)14-8-6-11(7-9-14)12-5-3-4-10-16-12/h2,11-12H,1,3-10H2. The number of amides is 1. The number of likely N-dealkylation sites (tertiary alicyclic amines) is 1. The van der Waals surface area contributed by atoms with Crippen molar-refractivity contribution >= 4 is 5.91 Å². The minimum atomic E-state index is 0.0722. The molecule has 0 saturated carbocycles. The van der Waals surface area contributed by atoms with Crippen molar-refractivity contribution in [3.63, 3.8) is 0 Å². The Balaban J connectivity index is 1.80. The Kier molecular flexibility index (Phi) is 3.99. The SMILES string of the molecule is C=CC(=O)N1CCC(C2CCCCO2)CC1. The van der Waals surface area contributed by atoms with Crippen molar-refractivity contribution in [2.45, 2.75) is 38.2 Å². The molecule has 0 spiro atoms. The number of hydrogen-bond acceptors (Lipinski definition) is 2. The van der Waals surface area contributed by atoms with Crippen LogP contribution < -0.4 is 0 Å². The maximum atomic E-state index is 11.4. The van der Waals surface area contributed by atoms with Gasteiger partial charge in [-0.05, 0) is 44.1 Å². The summed E-state index contributed by atoms with van der Waals surface area (Å²) in [6.07, 6.45) is 7.77. The average molecular weight is 223 g/mol. The lowest BCUT2D eigenvalue weighted by molar-refractivity contribution is -0.128. The first-order valence-electron chi connectivity index (χ1n) is 6.34. The van der Waals surface area contributed by atoms with Crippen LogP contribution in [0.25, 0.3) is 0 Å². The molecule has 0 aromatic rings. The summed E-state index contributed by atoms with van der Waals surface area (Å²) in [6, 6.07) is 0. The molecule has 0 N–H and O–H groups in total. The van der Waals surface area contributed by atoms with Gasteiger partial charge in [0.15, 0.2) is 0 Å². The molecule has 3 nitrogen and oxygen atoms in total. The number of carbonyl (C=O) groups is 1. The summed E-state index contributed by atoms with van der Waals surface area (Å²) in [4.78, 5) is 13.3. The highest BCUT2D eigenvalue weighted by Crippen LogP contribution is 2.28. The molecule has 2 fully saturated rings. The van der Waals surface area contributed by atoms with E-state index in [0.717, 1.165) is 32.5 Å². The van der Waals surface area contributed by atoms with Gasteiger partial charge in [0.25, 0.3) is 0 Å². The molecule has 0 radical (unpaired) electrons. The van der Waals surface area contributed by atoms with Gasteiger partial charge in [-0.3, -0.25) is 4.79 Å². The van der Waals surface area contributed by atoms with Crippen molar-refractivity contribution in [2.24, 2.45) is 5.92 Å². The molecule has 1 atom stereocenters. The molecule has 3 heteroatoms. The quantitative estimate of drug-likeness (QED) is 0.670. The molecule has 2 heterocycles. The number of rotatable bonds is 2. The molecule has 1 unspecified atom stereocenters. The largest absolute Gasteiger partial charge is 0.378 e. The normalized spacial score (nSPS) is 27.8. The van der Waals surface area contributed by atoms with E-state index in [-0.39, 0.29) is 5.91 Å². The second kappa shape index (κ2) is 5.48. The van der Waals surface area contributed by atoms with Gasteiger partial charge in [0.1, 0.15) is 0 Å². The first kappa shape index (κ1) is 11.6. The van der Waals surface area contributed by atoms with Gasteiger partial charge in [-0.1, -0.05) is 6.58 Å². The molecule has 0 bridgehead atoms. The van der Waals surface area contributed by atoms with E-state index >= 15 is 0 Å². The summed E-state index contributed by atoms with van der Waals surface area (Å²) >= 11 is 0. The lowest BCUT2D eigenvalue weighted by Gasteiger charge is -2.37. The van der Waals surface area contributed by atoms with Crippen molar-refractivity contribution in [1.82, 2.24) is 4.90 Å². The summed E-state index contributed by atoms with van der Waals surface area (Å²) in [5.41, 5.74) is 0. The fourth-order valence-electron chi connectivity index (χ4n) is 2.76. The van der Waals surface area contributed by atoms with Gasteiger partial charge in [0.2, 0.25) is 5.91 Å². The zero-order valence-corrected chi connectivity index (χ0v) is 9.86. The van der Waals surface area contributed by atoms with Gasteiger partial charge in [-0.15, -0.1) is 0 Å². The van der Waals surface area contributed by atoms with Crippen LogP contribution in [0.4, 0.5) is 0 Å². The highest BCUT2D eigenvalue weighted by Gasteiger charge is 2.29. The predicted octanol–water partition coefficient (Wildman–Crippen LogP) is 1.98. The van der Waals surface area contributed by atoms with Crippen LogP contribution in [0.3, 0.4) is 0 Å². The van der Waals surface area contributed by atoms with Gasteiger partial charge in [0, 0.05) is 19.7 Å². The van der Waals surface area contributed by atoms with Crippen LogP contribution in [-0.2, 0) is 9.53 Å². The van der Waals surface area contributed by atoms with Gasteiger partial charge in [-0.2, -0.15) is 0 Å². The lowest BCUT2D eigenvalue weighted by atomic mass is 9.87. The molecular formula is C13H21NO2. The third-order valence-electron chi connectivity index (χ3n) is 3.77. The Morgan fingerprint density at radius 3 is 2.56 bits per heavy atom. The van der Waals surface area contributed by atoms with Crippen LogP contribution in [0.5, 0.6) is 0 Å². The molecule has 16 heavy (non-hydrogen) atoms. The zero-order valence-electron chi connectivity index (χ0n) is 9.86. The van der Waals surface area contributed by atoms with Crippen molar-refractivity contribution in [2.75, 3.05) is 19.7 Å². The van der Waals surface area contributed by atoms with Gasteiger partial charge < -0.3 is 9.64 Å². The highest BCUT2D eigenvalue weighted by atomic mass is 16.5. The van der Waals surface area contributed by atoms with E-state index in [4.69, 9.17) is 4.74 Å². The predicted molar refractivity (Wildman–Crippen MR) is 63.1 cm³/mol. The highest BCUT2D eigenvalue weighted by molar-refractivity contribution is 5.87. The molecule has 0 aromatic carbocycles. The van der Waals surface area contributed by atoms with Crippen molar-refractivity contribution in [3.8, 4) is 0 Å². The fraction of sp³-hybridized carbons (Fsp3) is 0.769. The molecular weight excluding hydrogens is 202 g/mol. The maximum absolute atomic E-state index is 11.4. The van der Waals surface area contributed by atoms with Crippen molar-refractivity contribution in [3.05, 3.63) is 12.7 Å².